The Labute approximate surface area is 169 Å². The number of aromatic nitrogens is 3. The second-order valence-electron chi connectivity index (χ2n) is 7.02. The standard InChI is InChI=1S/C18H24N6OS.ClH/c1-11-8-20-16-15(11)17(22-10-21-16)24-5-6-26-14(9-24)18(25)23-13-4-2-3-12(19)7-13;/h8-10,12-13H,2-7,19H2,1H3,(H,23,25)(H,20,21,22);1H/t12-,13-;/m1./s1. The molecule has 1 aliphatic carbocycles. The molecule has 2 aromatic heterocycles. The Morgan fingerprint density at radius 3 is 3.07 bits per heavy atom. The fourth-order valence-electron chi connectivity index (χ4n) is 3.72. The highest BCUT2D eigenvalue weighted by molar-refractivity contribution is 8.04. The molecule has 4 N–H and O–H groups in total. The minimum Gasteiger partial charge on any atom is -0.349 e. The first-order valence-corrected chi connectivity index (χ1v) is 10.1. The van der Waals surface area contributed by atoms with E-state index in [0.29, 0.717) is 0 Å². The SMILES string of the molecule is Cc1c[nH]c2ncnc(N3C=C(C(=O)N[C@@H]4CCC[C@@H](N)C4)SCC3)c12.Cl. The highest BCUT2D eigenvalue weighted by Crippen LogP contribution is 2.31. The Bertz CT molecular complexity index is 853. The number of carbonyl (C=O) groups is 1. The van der Waals surface area contributed by atoms with Crippen LogP contribution in [0.5, 0.6) is 0 Å². The molecule has 1 saturated carbocycles. The van der Waals surface area contributed by atoms with Gasteiger partial charge < -0.3 is 20.9 Å². The van der Waals surface area contributed by atoms with Crippen molar-refractivity contribution in [3.8, 4) is 0 Å². The normalized spacial score (nSPS) is 22.9. The monoisotopic (exact) mass is 408 g/mol. The first-order valence-electron chi connectivity index (χ1n) is 9.08. The molecule has 3 heterocycles. The maximum absolute atomic E-state index is 12.7. The minimum absolute atomic E-state index is 0. The molecular weight excluding hydrogens is 384 g/mol. The summed E-state index contributed by atoms with van der Waals surface area (Å²) in [6, 6.07) is 0.380. The van der Waals surface area contributed by atoms with Gasteiger partial charge in [-0.1, -0.05) is 0 Å². The van der Waals surface area contributed by atoms with Gasteiger partial charge >= 0.3 is 0 Å². The number of H-pyrrole nitrogens is 1. The molecule has 0 aromatic carbocycles. The summed E-state index contributed by atoms with van der Waals surface area (Å²) in [4.78, 5) is 27.4. The molecule has 0 saturated heterocycles. The maximum Gasteiger partial charge on any atom is 0.259 e. The molecule has 7 nitrogen and oxygen atoms in total. The van der Waals surface area contributed by atoms with E-state index in [2.05, 4.69) is 25.2 Å². The van der Waals surface area contributed by atoms with Gasteiger partial charge in [-0.25, -0.2) is 9.97 Å². The predicted octanol–water partition coefficient (Wildman–Crippen LogP) is 2.47. The molecule has 1 fully saturated rings. The fourth-order valence-corrected chi connectivity index (χ4v) is 4.62. The van der Waals surface area contributed by atoms with Crippen molar-refractivity contribution in [3.05, 3.63) is 29.2 Å². The largest absolute Gasteiger partial charge is 0.349 e. The van der Waals surface area contributed by atoms with Crippen molar-refractivity contribution >= 4 is 46.9 Å². The van der Waals surface area contributed by atoms with Crippen LogP contribution in [-0.4, -0.2) is 45.2 Å². The lowest BCUT2D eigenvalue weighted by atomic mass is 9.91. The van der Waals surface area contributed by atoms with Crippen molar-refractivity contribution in [1.29, 1.82) is 0 Å². The Morgan fingerprint density at radius 1 is 1.41 bits per heavy atom. The molecule has 27 heavy (non-hydrogen) atoms. The molecular formula is C18H25ClN6OS. The number of fused-ring (bicyclic) bond motifs is 1. The third-order valence-corrected chi connectivity index (χ3v) is 6.04. The van der Waals surface area contributed by atoms with Crippen LogP contribution in [0, 0.1) is 6.92 Å². The van der Waals surface area contributed by atoms with Gasteiger partial charge in [0.2, 0.25) is 0 Å². The van der Waals surface area contributed by atoms with Crippen LogP contribution in [0.3, 0.4) is 0 Å². The van der Waals surface area contributed by atoms with Crippen molar-refractivity contribution < 1.29 is 4.79 Å². The molecule has 2 aliphatic rings. The molecule has 0 spiro atoms. The molecule has 2 atom stereocenters. The lowest BCUT2D eigenvalue weighted by molar-refractivity contribution is -0.117. The Hall–Kier alpha value is -1.77. The summed E-state index contributed by atoms with van der Waals surface area (Å²) < 4.78 is 0. The minimum atomic E-state index is -0.00473. The van der Waals surface area contributed by atoms with E-state index in [-0.39, 0.29) is 30.4 Å². The molecule has 2 aromatic rings. The molecule has 1 aliphatic heterocycles. The number of amides is 1. The van der Waals surface area contributed by atoms with E-state index < -0.39 is 0 Å². The van der Waals surface area contributed by atoms with Gasteiger partial charge in [-0.3, -0.25) is 4.79 Å². The number of aryl methyl sites for hydroxylation is 1. The lowest BCUT2D eigenvalue weighted by Crippen LogP contribution is -2.43. The second-order valence-corrected chi connectivity index (χ2v) is 8.16. The van der Waals surface area contributed by atoms with Crippen molar-refractivity contribution in [1.82, 2.24) is 20.3 Å². The number of nitrogens with zero attached hydrogens (tertiary/aromatic N) is 3. The summed E-state index contributed by atoms with van der Waals surface area (Å²) >= 11 is 1.60. The van der Waals surface area contributed by atoms with Gasteiger partial charge in [-0.15, -0.1) is 24.2 Å². The number of nitrogens with one attached hydrogen (secondary N) is 2. The van der Waals surface area contributed by atoms with Crippen molar-refractivity contribution in [3.63, 3.8) is 0 Å². The van der Waals surface area contributed by atoms with Crippen LogP contribution in [-0.2, 0) is 4.79 Å². The number of hydrogen-bond acceptors (Lipinski definition) is 6. The zero-order chi connectivity index (χ0) is 18.1. The van der Waals surface area contributed by atoms with Crippen LogP contribution in [0.25, 0.3) is 11.0 Å². The second kappa shape index (κ2) is 8.50. The van der Waals surface area contributed by atoms with Crippen LogP contribution in [0.4, 0.5) is 5.82 Å². The summed E-state index contributed by atoms with van der Waals surface area (Å²) in [6.45, 7) is 2.85. The summed E-state index contributed by atoms with van der Waals surface area (Å²) in [7, 11) is 0. The third kappa shape index (κ3) is 4.23. The van der Waals surface area contributed by atoms with E-state index in [1.54, 1.807) is 18.1 Å². The van der Waals surface area contributed by atoms with Gasteiger partial charge in [0.15, 0.2) is 0 Å². The Balaban J connectivity index is 0.00000210. The molecule has 1 amide bonds. The smallest absolute Gasteiger partial charge is 0.259 e. The lowest BCUT2D eigenvalue weighted by Gasteiger charge is -2.29. The Kier molecular flexibility index (Phi) is 6.29. The summed E-state index contributed by atoms with van der Waals surface area (Å²) in [6.07, 6.45) is 9.42. The van der Waals surface area contributed by atoms with Crippen molar-refractivity contribution in [2.45, 2.75) is 44.7 Å². The number of aromatic amines is 1. The number of hydrogen-bond donors (Lipinski definition) is 3. The van der Waals surface area contributed by atoms with E-state index in [1.165, 1.54) is 0 Å². The Morgan fingerprint density at radius 2 is 2.26 bits per heavy atom. The van der Waals surface area contributed by atoms with Gasteiger partial charge in [-0.05, 0) is 38.2 Å². The van der Waals surface area contributed by atoms with E-state index in [1.807, 2.05) is 19.3 Å². The molecule has 146 valence electrons. The van der Waals surface area contributed by atoms with Crippen LogP contribution < -0.4 is 16.0 Å². The van der Waals surface area contributed by atoms with Crippen LogP contribution >= 0.6 is 24.2 Å². The number of halogens is 1. The van der Waals surface area contributed by atoms with Crippen molar-refractivity contribution in [2.75, 3.05) is 17.2 Å². The molecule has 4 rings (SSSR count). The summed E-state index contributed by atoms with van der Waals surface area (Å²) in [5.41, 5.74) is 7.96. The molecule has 9 heteroatoms. The molecule has 0 bridgehead atoms. The average molecular weight is 409 g/mol. The molecule has 0 radical (unpaired) electrons. The van der Waals surface area contributed by atoms with E-state index in [4.69, 9.17) is 5.73 Å². The first kappa shape index (κ1) is 20.0. The number of thioether (sulfide) groups is 1. The highest BCUT2D eigenvalue weighted by Gasteiger charge is 2.25. The van der Waals surface area contributed by atoms with E-state index >= 15 is 0 Å². The summed E-state index contributed by atoms with van der Waals surface area (Å²) in [5.74, 6) is 1.69. The highest BCUT2D eigenvalue weighted by atomic mass is 35.5. The number of nitrogens with two attached hydrogens (primary N) is 1. The van der Waals surface area contributed by atoms with Crippen LogP contribution in [0.1, 0.15) is 31.2 Å². The number of rotatable bonds is 3. The third-order valence-electron chi connectivity index (χ3n) is 5.06. The predicted molar refractivity (Wildman–Crippen MR) is 112 cm³/mol. The summed E-state index contributed by atoms with van der Waals surface area (Å²) in [5, 5.41) is 4.17. The topological polar surface area (TPSA) is 99.9 Å². The average Bonchev–Trinajstić information content (AvgIpc) is 3.03. The zero-order valence-corrected chi connectivity index (χ0v) is 16.9. The van der Waals surface area contributed by atoms with Gasteiger partial charge in [0.25, 0.3) is 5.91 Å². The van der Waals surface area contributed by atoms with Crippen LogP contribution in [0.15, 0.2) is 23.6 Å². The quantitative estimate of drug-likeness (QED) is 0.721. The fraction of sp³-hybridized carbons (Fsp3) is 0.500. The van der Waals surface area contributed by atoms with E-state index in [9.17, 15) is 4.79 Å². The van der Waals surface area contributed by atoms with E-state index in [0.717, 1.165) is 65.3 Å². The van der Waals surface area contributed by atoms with Gasteiger partial charge in [-0.2, -0.15) is 0 Å². The number of carbonyl (C=O) groups excluding carboxylic acids is 1. The van der Waals surface area contributed by atoms with Gasteiger partial charge in [0.05, 0.1) is 10.3 Å². The zero-order valence-electron chi connectivity index (χ0n) is 15.3. The molecule has 0 unspecified atom stereocenters. The first-order chi connectivity index (χ1) is 12.6. The van der Waals surface area contributed by atoms with Gasteiger partial charge in [0, 0.05) is 36.8 Å². The van der Waals surface area contributed by atoms with Crippen LogP contribution in [0.2, 0.25) is 0 Å². The number of anilines is 1. The maximum atomic E-state index is 12.7. The van der Waals surface area contributed by atoms with Crippen molar-refractivity contribution in [2.24, 2.45) is 5.73 Å². The van der Waals surface area contributed by atoms with Gasteiger partial charge in [0.1, 0.15) is 17.8 Å².